The smallest absolute Gasteiger partial charge is 0.319 e. The molecular formula is C20H24N2O4. The molecule has 138 valence electrons. The molecule has 0 unspecified atom stereocenters. The molecule has 0 amide bonds. The SMILES string of the molecule is CCOC(=O)CNCC#Cc1ccc(C#CCNCC(=O)OCC)cc1. The van der Waals surface area contributed by atoms with Crippen LogP contribution in [0.15, 0.2) is 24.3 Å². The molecule has 6 nitrogen and oxygen atoms in total. The minimum Gasteiger partial charge on any atom is -0.465 e. The van der Waals surface area contributed by atoms with Gasteiger partial charge in [-0.2, -0.15) is 0 Å². The summed E-state index contributed by atoms with van der Waals surface area (Å²) in [6.45, 7) is 5.42. The van der Waals surface area contributed by atoms with E-state index in [2.05, 4.69) is 34.3 Å². The predicted molar refractivity (Wildman–Crippen MR) is 99.2 cm³/mol. The molecule has 1 aromatic carbocycles. The number of carbonyl (C=O) groups excluding carboxylic acids is 2. The summed E-state index contributed by atoms with van der Waals surface area (Å²) in [6, 6.07) is 7.53. The second kappa shape index (κ2) is 13.5. The van der Waals surface area contributed by atoms with Crippen LogP contribution in [0.5, 0.6) is 0 Å². The molecule has 1 rings (SSSR count). The van der Waals surface area contributed by atoms with Crippen LogP contribution in [0.4, 0.5) is 0 Å². The van der Waals surface area contributed by atoms with Crippen molar-refractivity contribution in [1.29, 1.82) is 0 Å². The Bertz CT molecular complexity index is 629. The molecule has 0 heterocycles. The highest BCUT2D eigenvalue weighted by molar-refractivity contribution is 5.71. The lowest BCUT2D eigenvalue weighted by Gasteiger charge is -2.00. The lowest BCUT2D eigenvalue weighted by Crippen LogP contribution is -2.24. The van der Waals surface area contributed by atoms with Gasteiger partial charge >= 0.3 is 11.9 Å². The van der Waals surface area contributed by atoms with E-state index in [1.165, 1.54) is 0 Å². The average molecular weight is 356 g/mol. The van der Waals surface area contributed by atoms with Crippen molar-refractivity contribution in [3.8, 4) is 23.7 Å². The molecule has 0 fully saturated rings. The maximum atomic E-state index is 11.1. The third kappa shape index (κ3) is 10.1. The van der Waals surface area contributed by atoms with E-state index in [9.17, 15) is 9.59 Å². The predicted octanol–water partition coefficient (Wildman–Crippen LogP) is 0.695. The number of hydrogen-bond acceptors (Lipinski definition) is 6. The lowest BCUT2D eigenvalue weighted by molar-refractivity contribution is -0.142. The van der Waals surface area contributed by atoms with Gasteiger partial charge in [-0.15, -0.1) is 0 Å². The summed E-state index contributed by atoms with van der Waals surface area (Å²) in [6.07, 6.45) is 0. The zero-order valence-electron chi connectivity index (χ0n) is 15.2. The normalized spacial score (nSPS) is 9.31. The van der Waals surface area contributed by atoms with E-state index < -0.39 is 0 Å². The fraction of sp³-hybridized carbons (Fsp3) is 0.400. The Labute approximate surface area is 154 Å². The topological polar surface area (TPSA) is 76.7 Å². The van der Waals surface area contributed by atoms with E-state index in [1.807, 2.05) is 24.3 Å². The molecule has 26 heavy (non-hydrogen) atoms. The third-order valence-corrected chi connectivity index (χ3v) is 2.93. The number of carbonyl (C=O) groups is 2. The van der Waals surface area contributed by atoms with Crippen LogP contribution in [0.1, 0.15) is 25.0 Å². The monoisotopic (exact) mass is 356 g/mol. The Morgan fingerprint density at radius 1 is 0.808 bits per heavy atom. The third-order valence-electron chi connectivity index (χ3n) is 2.93. The van der Waals surface area contributed by atoms with Crippen LogP contribution in [0.25, 0.3) is 0 Å². The van der Waals surface area contributed by atoms with Crippen molar-refractivity contribution in [3.05, 3.63) is 35.4 Å². The van der Waals surface area contributed by atoms with Gasteiger partial charge in [-0.25, -0.2) is 0 Å². The molecule has 0 bridgehead atoms. The number of esters is 2. The summed E-state index contributed by atoms with van der Waals surface area (Å²) < 4.78 is 9.60. The van der Waals surface area contributed by atoms with Crippen LogP contribution in [-0.2, 0) is 19.1 Å². The van der Waals surface area contributed by atoms with E-state index >= 15 is 0 Å². The Kier molecular flexibility index (Phi) is 11.0. The molecular weight excluding hydrogens is 332 g/mol. The van der Waals surface area contributed by atoms with Gasteiger partial charge in [0.1, 0.15) is 0 Å². The molecule has 1 aromatic rings. The summed E-state index contributed by atoms with van der Waals surface area (Å²) in [5.41, 5.74) is 1.74. The summed E-state index contributed by atoms with van der Waals surface area (Å²) in [4.78, 5) is 22.3. The lowest BCUT2D eigenvalue weighted by atomic mass is 10.1. The maximum absolute atomic E-state index is 11.1. The van der Waals surface area contributed by atoms with Gasteiger partial charge in [0.25, 0.3) is 0 Å². The summed E-state index contributed by atoms with van der Waals surface area (Å²) in [5.74, 6) is 11.3. The Hall–Kier alpha value is -2.80. The molecule has 0 aliphatic heterocycles. The van der Waals surface area contributed by atoms with Gasteiger partial charge in [-0.1, -0.05) is 23.7 Å². The molecule has 6 heteroatoms. The van der Waals surface area contributed by atoms with E-state index in [4.69, 9.17) is 9.47 Å². The molecule has 0 saturated heterocycles. The minimum absolute atomic E-state index is 0.154. The summed E-state index contributed by atoms with van der Waals surface area (Å²) in [7, 11) is 0. The maximum Gasteiger partial charge on any atom is 0.319 e. The van der Waals surface area contributed by atoms with E-state index in [0.29, 0.717) is 26.3 Å². The average Bonchev–Trinajstić information content (AvgIpc) is 2.63. The van der Waals surface area contributed by atoms with E-state index in [1.54, 1.807) is 13.8 Å². The highest BCUT2D eigenvalue weighted by Gasteiger charge is 1.98. The Morgan fingerprint density at radius 3 is 1.54 bits per heavy atom. The molecule has 0 atom stereocenters. The fourth-order valence-electron chi connectivity index (χ4n) is 1.81. The number of ether oxygens (including phenoxy) is 2. The van der Waals surface area contributed by atoms with Crippen molar-refractivity contribution < 1.29 is 19.1 Å². The van der Waals surface area contributed by atoms with Crippen LogP contribution in [0.3, 0.4) is 0 Å². The van der Waals surface area contributed by atoms with Crippen LogP contribution in [0.2, 0.25) is 0 Å². The van der Waals surface area contributed by atoms with Gasteiger partial charge in [-0.3, -0.25) is 20.2 Å². The van der Waals surface area contributed by atoms with Crippen molar-refractivity contribution in [2.24, 2.45) is 0 Å². The summed E-state index contributed by atoms with van der Waals surface area (Å²) in [5, 5.41) is 5.79. The largest absolute Gasteiger partial charge is 0.465 e. The molecule has 0 radical (unpaired) electrons. The van der Waals surface area contributed by atoms with Gasteiger partial charge in [0, 0.05) is 11.1 Å². The first kappa shape index (κ1) is 21.2. The van der Waals surface area contributed by atoms with E-state index in [-0.39, 0.29) is 25.0 Å². The first-order chi connectivity index (χ1) is 12.7. The number of benzene rings is 1. The minimum atomic E-state index is -0.283. The van der Waals surface area contributed by atoms with Crippen LogP contribution in [-0.4, -0.2) is 51.3 Å². The fourth-order valence-corrected chi connectivity index (χ4v) is 1.81. The van der Waals surface area contributed by atoms with Crippen LogP contribution < -0.4 is 10.6 Å². The van der Waals surface area contributed by atoms with Crippen molar-refractivity contribution in [2.45, 2.75) is 13.8 Å². The van der Waals surface area contributed by atoms with E-state index in [0.717, 1.165) is 11.1 Å². The van der Waals surface area contributed by atoms with Gasteiger partial charge in [0.05, 0.1) is 39.4 Å². The van der Waals surface area contributed by atoms with Gasteiger partial charge in [0.2, 0.25) is 0 Å². The van der Waals surface area contributed by atoms with Crippen LogP contribution >= 0.6 is 0 Å². The molecule has 0 saturated carbocycles. The Balaban J connectivity index is 2.31. The first-order valence-corrected chi connectivity index (χ1v) is 8.46. The highest BCUT2D eigenvalue weighted by Crippen LogP contribution is 2.01. The standard InChI is InChI=1S/C20H24N2O4/c1-3-25-19(23)15-21-13-5-7-17-9-11-18(12-10-17)8-6-14-22-16-20(24)26-4-2/h9-12,21-22H,3-4,13-16H2,1-2H3. The second-order valence-electron chi connectivity index (χ2n) is 5.00. The Morgan fingerprint density at radius 2 is 1.19 bits per heavy atom. The number of rotatable bonds is 8. The molecule has 0 aliphatic carbocycles. The van der Waals surface area contributed by atoms with Gasteiger partial charge in [0.15, 0.2) is 0 Å². The van der Waals surface area contributed by atoms with Crippen molar-refractivity contribution in [1.82, 2.24) is 10.6 Å². The van der Waals surface area contributed by atoms with Crippen LogP contribution in [0, 0.1) is 23.7 Å². The van der Waals surface area contributed by atoms with Gasteiger partial charge < -0.3 is 9.47 Å². The first-order valence-electron chi connectivity index (χ1n) is 8.46. The zero-order valence-corrected chi connectivity index (χ0v) is 15.2. The van der Waals surface area contributed by atoms with Crippen molar-refractivity contribution in [3.63, 3.8) is 0 Å². The number of hydrogen-bond donors (Lipinski definition) is 2. The zero-order chi connectivity index (χ0) is 19.0. The summed E-state index contributed by atoms with van der Waals surface area (Å²) >= 11 is 0. The quantitative estimate of drug-likeness (QED) is 0.406. The van der Waals surface area contributed by atoms with Gasteiger partial charge in [-0.05, 0) is 38.1 Å². The molecule has 0 spiro atoms. The van der Waals surface area contributed by atoms with Crippen molar-refractivity contribution >= 4 is 11.9 Å². The molecule has 2 N–H and O–H groups in total. The second-order valence-corrected chi connectivity index (χ2v) is 5.00. The molecule has 0 aliphatic rings. The molecule has 0 aromatic heterocycles. The highest BCUT2D eigenvalue weighted by atomic mass is 16.5. The number of nitrogens with one attached hydrogen (secondary N) is 2. The van der Waals surface area contributed by atoms with Crippen molar-refractivity contribution in [2.75, 3.05) is 39.4 Å².